The molecule has 37 heavy (non-hydrogen) atoms. The van der Waals surface area contributed by atoms with Gasteiger partial charge in [-0.2, -0.15) is 10.3 Å². The van der Waals surface area contributed by atoms with Crippen molar-refractivity contribution in [3.8, 4) is 22.5 Å². The molecule has 9 nitrogen and oxygen atoms in total. The van der Waals surface area contributed by atoms with Gasteiger partial charge in [0.25, 0.3) is 0 Å². The van der Waals surface area contributed by atoms with Gasteiger partial charge in [-0.3, -0.25) is 4.79 Å². The molecule has 0 amide bonds. The van der Waals surface area contributed by atoms with Crippen LogP contribution >= 0.6 is 0 Å². The van der Waals surface area contributed by atoms with Gasteiger partial charge in [0.1, 0.15) is 5.82 Å². The fourth-order valence-corrected chi connectivity index (χ4v) is 5.43. The first-order chi connectivity index (χ1) is 18.0. The molecular formula is C28H33N7O2. The number of nitrogens with one attached hydrogen (secondary N) is 1. The molecule has 0 saturated heterocycles. The second-order valence-corrected chi connectivity index (χ2v) is 10.0. The van der Waals surface area contributed by atoms with E-state index in [0.717, 1.165) is 72.4 Å². The Bertz CT molecular complexity index is 1320. The van der Waals surface area contributed by atoms with Crippen molar-refractivity contribution in [3.05, 3.63) is 65.7 Å². The highest BCUT2D eigenvalue weighted by Gasteiger charge is 2.31. The highest BCUT2D eigenvalue weighted by atomic mass is 16.4. The molecule has 5 rings (SSSR count). The Labute approximate surface area is 216 Å². The molecule has 1 aliphatic carbocycles. The van der Waals surface area contributed by atoms with Crippen LogP contribution in [0.2, 0.25) is 0 Å². The molecule has 1 unspecified atom stereocenters. The van der Waals surface area contributed by atoms with Crippen molar-refractivity contribution in [1.82, 2.24) is 35.4 Å². The van der Waals surface area contributed by atoms with Crippen LogP contribution in [-0.4, -0.2) is 46.5 Å². The van der Waals surface area contributed by atoms with Crippen LogP contribution in [0.25, 0.3) is 22.5 Å². The minimum atomic E-state index is -0.664. The number of H-pyrrole nitrogens is 1. The summed E-state index contributed by atoms with van der Waals surface area (Å²) in [6.07, 6.45) is 5.17. The number of carbonyl (C=O) groups is 1. The van der Waals surface area contributed by atoms with Crippen LogP contribution in [0.5, 0.6) is 0 Å². The van der Waals surface area contributed by atoms with Gasteiger partial charge in [-0.1, -0.05) is 62.4 Å². The van der Waals surface area contributed by atoms with E-state index in [1.807, 2.05) is 18.2 Å². The molecule has 1 saturated carbocycles. The standard InChI is InChI=1S/C28H33N7O2/c1-3-6-25-29-27(18(2)20-13-15-22(16-14-20)28(36)37)35(32-25)17-19-9-11-21(12-10-19)23-7-4-5-8-24(23)26-30-33-34-31-26/h4-5,7-12,18,20,22H,3,6,13-17H2,1-2H3,(H,36,37)(H,30,31,33,34). The summed E-state index contributed by atoms with van der Waals surface area (Å²) in [6, 6.07) is 16.5. The Morgan fingerprint density at radius 1 is 1.08 bits per heavy atom. The van der Waals surface area contributed by atoms with E-state index in [1.54, 1.807) is 0 Å². The average molecular weight is 500 g/mol. The van der Waals surface area contributed by atoms with E-state index in [9.17, 15) is 9.90 Å². The molecule has 2 heterocycles. The Morgan fingerprint density at radius 2 is 1.81 bits per heavy atom. The maximum atomic E-state index is 11.4. The highest BCUT2D eigenvalue weighted by molar-refractivity contribution is 5.80. The van der Waals surface area contributed by atoms with E-state index in [4.69, 9.17) is 10.1 Å². The van der Waals surface area contributed by atoms with E-state index in [1.165, 1.54) is 0 Å². The molecular weight excluding hydrogens is 466 g/mol. The first-order valence-corrected chi connectivity index (χ1v) is 13.1. The Morgan fingerprint density at radius 3 is 2.46 bits per heavy atom. The van der Waals surface area contributed by atoms with Crippen molar-refractivity contribution in [2.75, 3.05) is 0 Å². The number of nitrogens with zero attached hydrogens (tertiary/aromatic N) is 6. The largest absolute Gasteiger partial charge is 0.481 e. The Kier molecular flexibility index (Phi) is 7.39. The second kappa shape index (κ2) is 11.0. The number of aliphatic carboxylic acids is 1. The highest BCUT2D eigenvalue weighted by Crippen LogP contribution is 2.38. The molecule has 0 spiro atoms. The fraction of sp³-hybridized carbons (Fsp3) is 0.429. The first-order valence-electron chi connectivity index (χ1n) is 13.1. The second-order valence-electron chi connectivity index (χ2n) is 10.0. The lowest BCUT2D eigenvalue weighted by Crippen LogP contribution is -2.25. The average Bonchev–Trinajstić information content (AvgIpc) is 3.60. The van der Waals surface area contributed by atoms with Crippen molar-refractivity contribution in [1.29, 1.82) is 0 Å². The summed E-state index contributed by atoms with van der Waals surface area (Å²) >= 11 is 0. The van der Waals surface area contributed by atoms with Crippen LogP contribution in [0.4, 0.5) is 0 Å². The molecule has 4 aromatic rings. The van der Waals surface area contributed by atoms with Crippen LogP contribution in [0, 0.1) is 11.8 Å². The van der Waals surface area contributed by atoms with Crippen LogP contribution in [0.15, 0.2) is 48.5 Å². The number of tetrazole rings is 1. The topological polar surface area (TPSA) is 122 Å². The van der Waals surface area contributed by atoms with Gasteiger partial charge in [-0.25, -0.2) is 9.67 Å². The predicted molar refractivity (Wildman–Crippen MR) is 140 cm³/mol. The summed E-state index contributed by atoms with van der Waals surface area (Å²) in [7, 11) is 0. The number of benzene rings is 2. The van der Waals surface area contributed by atoms with Gasteiger partial charge in [0, 0.05) is 17.9 Å². The molecule has 0 radical (unpaired) electrons. The van der Waals surface area contributed by atoms with E-state index in [0.29, 0.717) is 18.3 Å². The van der Waals surface area contributed by atoms with Crippen LogP contribution < -0.4 is 0 Å². The fourth-order valence-electron chi connectivity index (χ4n) is 5.43. The molecule has 2 aromatic carbocycles. The number of aromatic amines is 1. The first kappa shape index (κ1) is 24.8. The van der Waals surface area contributed by atoms with Gasteiger partial charge in [-0.15, -0.1) is 10.2 Å². The molecule has 1 atom stereocenters. The van der Waals surface area contributed by atoms with Gasteiger partial charge >= 0.3 is 5.97 Å². The number of aromatic nitrogens is 7. The zero-order valence-corrected chi connectivity index (χ0v) is 21.3. The van der Waals surface area contributed by atoms with E-state index in [-0.39, 0.29) is 11.8 Å². The van der Waals surface area contributed by atoms with Crippen LogP contribution in [0.1, 0.15) is 69.1 Å². The molecule has 2 aromatic heterocycles. The lowest BCUT2D eigenvalue weighted by molar-refractivity contribution is -0.143. The van der Waals surface area contributed by atoms with Gasteiger partial charge in [0.15, 0.2) is 5.82 Å². The summed E-state index contributed by atoms with van der Waals surface area (Å²) < 4.78 is 2.06. The van der Waals surface area contributed by atoms with Crippen LogP contribution in [0.3, 0.4) is 0 Å². The van der Waals surface area contributed by atoms with Crippen molar-refractivity contribution in [2.45, 2.75) is 64.8 Å². The number of carboxylic acid groups (broad SMARTS) is 1. The number of hydrogen-bond donors (Lipinski definition) is 2. The van der Waals surface area contributed by atoms with Gasteiger partial charge < -0.3 is 5.11 Å². The molecule has 1 aliphatic rings. The number of rotatable bonds is 9. The molecule has 0 aliphatic heterocycles. The van der Waals surface area contributed by atoms with Crippen LogP contribution in [-0.2, 0) is 17.8 Å². The van der Waals surface area contributed by atoms with E-state index >= 15 is 0 Å². The molecule has 9 heteroatoms. The zero-order chi connectivity index (χ0) is 25.8. The molecule has 192 valence electrons. The summed E-state index contributed by atoms with van der Waals surface area (Å²) in [6.45, 7) is 5.01. The summed E-state index contributed by atoms with van der Waals surface area (Å²) in [5.41, 5.74) is 4.21. The Hall–Kier alpha value is -3.88. The third kappa shape index (κ3) is 5.45. The van der Waals surface area contributed by atoms with Crippen molar-refractivity contribution in [2.24, 2.45) is 11.8 Å². The third-order valence-electron chi connectivity index (χ3n) is 7.56. The van der Waals surface area contributed by atoms with E-state index in [2.05, 4.69) is 69.5 Å². The number of aryl methyl sites for hydroxylation is 1. The third-order valence-corrected chi connectivity index (χ3v) is 7.56. The normalized spacial score (nSPS) is 18.5. The summed E-state index contributed by atoms with van der Waals surface area (Å²) in [5.74, 6) is 2.25. The summed E-state index contributed by atoms with van der Waals surface area (Å²) in [4.78, 5) is 16.3. The van der Waals surface area contributed by atoms with Crippen molar-refractivity contribution in [3.63, 3.8) is 0 Å². The van der Waals surface area contributed by atoms with Gasteiger partial charge in [-0.05, 0) is 59.9 Å². The lowest BCUT2D eigenvalue weighted by Gasteiger charge is -2.30. The maximum absolute atomic E-state index is 11.4. The summed E-state index contributed by atoms with van der Waals surface area (Å²) in [5, 5.41) is 28.8. The smallest absolute Gasteiger partial charge is 0.306 e. The maximum Gasteiger partial charge on any atom is 0.306 e. The lowest BCUT2D eigenvalue weighted by atomic mass is 9.76. The zero-order valence-electron chi connectivity index (χ0n) is 21.3. The monoisotopic (exact) mass is 499 g/mol. The predicted octanol–water partition coefficient (Wildman–Crippen LogP) is 5.12. The molecule has 2 N–H and O–H groups in total. The quantitative estimate of drug-likeness (QED) is 0.328. The SMILES string of the molecule is CCCc1nc(C(C)C2CCC(C(=O)O)CC2)n(Cc2ccc(-c3ccccc3-c3nn[nH]n3)cc2)n1. The van der Waals surface area contributed by atoms with Crippen molar-refractivity contribution < 1.29 is 9.90 Å². The van der Waals surface area contributed by atoms with Crippen molar-refractivity contribution >= 4 is 5.97 Å². The van der Waals surface area contributed by atoms with Gasteiger partial charge in [0.05, 0.1) is 12.5 Å². The number of hydrogen-bond acceptors (Lipinski definition) is 6. The van der Waals surface area contributed by atoms with Gasteiger partial charge in [0.2, 0.25) is 5.82 Å². The Balaban J connectivity index is 1.36. The molecule has 1 fully saturated rings. The minimum absolute atomic E-state index is 0.208. The van der Waals surface area contributed by atoms with E-state index < -0.39 is 5.97 Å². The number of carboxylic acids is 1. The minimum Gasteiger partial charge on any atom is -0.481 e. The molecule has 0 bridgehead atoms.